The van der Waals surface area contributed by atoms with Crippen molar-refractivity contribution in [2.45, 2.75) is 32.6 Å². The zero-order valence-corrected chi connectivity index (χ0v) is 18.8. The van der Waals surface area contributed by atoms with Crippen molar-refractivity contribution in [3.63, 3.8) is 0 Å². The Bertz CT molecular complexity index is 803. The molecular weight excluding hydrogens is 384 g/mol. The highest BCUT2D eigenvalue weighted by molar-refractivity contribution is 5.73. The number of ether oxygens (including phenoxy) is 1. The van der Waals surface area contributed by atoms with Gasteiger partial charge in [-0.25, -0.2) is 0 Å². The fraction of sp³-hybridized carbons (Fsp3) is 0.519. The third-order valence-corrected chi connectivity index (χ3v) is 7.15. The van der Waals surface area contributed by atoms with Crippen LogP contribution in [0.5, 0.6) is 5.75 Å². The van der Waals surface area contributed by atoms with E-state index < -0.39 is 0 Å². The number of rotatable bonds is 8. The number of aryl methyl sites for hydroxylation is 1. The first kappa shape index (κ1) is 21.9. The SMILES string of the molecule is CC(=O)N1CCC([C@@H]2CN(CCCc3ccccc3)C[C@H]2COc2ccccc2)CC1. The summed E-state index contributed by atoms with van der Waals surface area (Å²) in [7, 11) is 0. The molecule has 4 nitrogen and oxygen atoms in total. The molecule has 166 valence electrons. The van der Waals surface area contributed by atoms with E-state index in [4.69, 9.17) is 4.74 Å². The van der Waals surface area contributed by atoms with Crippen LogP contribution in [0.1, 0.15) is 31.7 Å². The minimum absolute atomic E-state index is 0.219. The van der Waals surface area contributed by atoms with Crippen molar-refractivity contribution in [2.75, 3.05) is 39.3 Å². The smallest absolute Gasteiger partial charge is 0.219 e. The first-order valence-electron chi connectivity index (χ1n) is 11.9. The summed E-state index contributed by atoms with van der Waals surface area (Å²) in [6.07, 6.45) is 4.60. The van der Waals surface area contributed by atoms with Gasteiger partial charge < -0.3 is 14.5 Å². The number of hydrogen-bond donors (Lipinski definition) is 0. The molecule has 31 heavy (non-hydrogen) atoms. The predicted molar refractivity (Wildman–Crippen MR) is 125 cm³/mol. The van der Waals surface area contributed by atoms with Crippen LogP contribution in [0, 0.1) is 17.8 Å². The topological polar surface area (TPSA) is 32.8 Å². The van der Waals surface area contributed by atoms with Gasteiger partial charge in [0, 0.05) is 39.0 Å². The number of nitrogens with zero attached hydrogens (tertiary/aromatic N) is 2. The quantitative estimate of drug-likeness (QED) is 0.630. The summed E-state index contributed by atoms with van der Waals surface area (Å²) >= 11 is 0. The molecule has 2 aromatic carbocycles. The Balaban J connectivity index is 1.33. The molecule has 0 spiro atoms. The number of carbonyl (C=O) groups is 1. The van der Waals surface area contributed by atoms with Crippen molar-refractivity contribution < 1.29 is 9.53 Å². The average Bonchev–Trinajstić information content (AvgIpc) is 3.22. The van der Waals surface area contributed by atoms with Crippen molar-refractivity contribution in [1.82, 2.24) is 9.80 Å². The second kappa shape index (κ2) is 10.8. The number of carbonyl (C=O) groups excluding carboxylic acids is 1. The van der Waals surface area contributed by atoms with Gasteiger partial charge in [-0.3, -0.25) is 4.79 Å². The molecule has 2 heterocycles. The van der Waals surface area contributed by atoms with Gasteiger partial charge >= 0.3 is 0 Å². The minimum atomic E-state index is 0.219. The maximum absolute atomic E-state index is 11.7. The number of piperidine rings is 1. The van der Waals surface area contributed by atoms with Crippen LogP contribution in [-0.2, 0) is 11.2 Å². The van der Waals surface area contributed by atoms with Gasteiger partial charge in [0.1, 0.15) is 5.75 Å². The lowest BCUT2D eigenvalue weighted by molar-refractivity contribution is -0.130. The Kier molecular flexibility index (Phi) is 7.63. The summed E-state index contributed by atoms with van der Waals surface area (Å²) in [5, 5.41) is 0. The maximum Gasteiger partial charge on any atom is 0.219 e. The molecule has 2 atom stereocenters. The Morgan fingerprint density at radius 3 is 2.32 bits per heavy atom. The summed E-state index contributed by atoms with van der Waals surface area (Å²) in [5.74, 6) is 3.10. The lowest BCUT2D eigenvalue weighted by Crippen LogP contribution is -2.40. The van der Waals surface area contributed by atoms with E-state index in [1.165, 1.54) is 18.5 Å². The molecule has 0 aromatic heterocycles. The molecule has 4 heteroatoms. The number of benzene rings is 2. The summed E-state index contributed by atoms with van der Waals surface area (Å²) in [5.41, 5.74) is 1.43. The standard InChI is InChI=1S/C27H36N2O2/c1-22(30)29-17-14-24(15-18-29)27-20-28(16-8-11-23-9-4-2-5-10-23)19-25(27)21-31-26-12-6-3-7-13-26/h2-7,9-10,12-13,24-25,27H,8,11,14-21H2,1H3/t25-,27-/m0/s1. The van der Waals surface area contributed by atoms with E-state index in [2.05, 4.69) is 35.2 Å². The van der Waals surface area contributed by atoms with E-state index in [9.17, 15) is 4.79 Å². The van der Waals surface area contributed by atoms with Crippen molar-refractivity contribution >= 4 is 5.91 Å². The van der Waals surface area contributed by atoms with E-state index in [1.54, 1.807) is 6.92 Å². The summed E-state index contributed by atoms with van der Waals surface area (Å²) in [4.78, 5) is 16.4. The van der Waals surface area contributed by atoms with E-state index >= 15 is 0 Å². The molecule has 2 aliphatic heterocycles. The van der Waals surface area contributed by atoms with E-state index in [0.717, 1.165) is 57.8 Å². The fourth-order valence-corrected chi connectivity index (χ4v) is 5.40. The molecular formula is C27H36N2O2. The second-order valence-electron chi connectivity index (χ2n) is 9.24. The lowest BCUT2D eigenvalue weighted by Gasteiger charge is -2.36. The van der Waals surface area contributed by atoms with Crippen molar-refractivity contribution in [3.8, 4) is 5.75 Å². The van der Waals surface area contributed by atoms with Gasteiger partial charge in [-0.15, -0.1) is 0 Å². The van der Waals surface area contributed by atoms with Crippen LogP contribution >= 0.6 is 0 Å². The van der Waals surface area contributed by atoms with E-state index in [-0.39, 0.29) is 5.91 Å². The number of para-hydroxylation sites is 1. The van der Waals surface area contributed by atoms with Gasteiger partial charge in [0.15, 0.2) is 0 Å². The monoisotopic (exact) mass is 420 g/mol. The van der Waals surface area contributed by atoms with Crippen LogP contribution in [0.15, 0.2) is 60.7 Å². The highest BCUT2D eigenvalue weighted by Crippen LogP contribution is 2.36. The highest BCUT2D eigenvalue weighted by Gasteiger charge is 2.39. The van der Waals surface area contributed by atoms with E-state index in [0.29, 0.717) is 17.8 Å². The zero-order chi connectivity index (χ0) is 21.5. The average molecular weight is 421 g/mol. The van der Waals surface area contributed by atoms with Crippen LogP contribution in [0.3, 0.4) is 0 Å². The fourth-order valence-electron chi connectivity index (χ4n) is 5.40. The molecule has 0 N–H and O–H groups in total. The van der Waals surface area contributed by atoms with Crippen LogP contribution in [0.2, 0.25) is 0 Å². The van der Waals surface area contributed by atoms with Crippen LogP contribution in [0.4, 0.5) is 0 Å². The van der Waals surface area contributed by atoms with Crippen molar-refractivity contribution in [1.29, 1.82) is 0 Å². The molecule has 1 amide bonds. The Labute approximate surface area is 187 Å². The number of hydrogen-bond acceptors (Lipinski definition) is 3. The summed E-state index contributed by atoms with van der Waals surface area (Å²) < 4.78 is 6.20. The predicted octanol–water partition coefficient (Wildman–Crippen LogP) is 4.50. The minimum Gasteiger partial charge on any atom is -0.493 e. The van der Waals surface area contributed by atoms with Gasteiger partial charge in [-0.1, -0.05) is 48.5 Å². The first-order valence-corrected chi connectivity index (χ1v) is 11.9. The van der Waals surface area contributed by atoms with Crippen LogP contribution in [-0.4, -0.2) is 55.0 Å². The normalized spacial score (nSPS) is 22.5. The van der Waals surface area contributed by atoms with Gasteiger partial charge in [0.2, 0.25) is 5.91 Å². The molecule has 0 aliphatic carbocycles. The van der Waals surface area contributed by atoms with Crippen molar-refractivity contribution in [2.24, 2.45) is 17.8 Å². The van der Waals surface area contributed by atoms with Gasteiger partial charge in [0.25, 0.3) is 0 Å². The Morgan fingerprint density at radius 2 is 1.65 bits per heavy atom. The number of amides is 1. The largest absolute Gasteiger partial charge is 0.493 e. The molecule has 2 fully saturated rings. The maximum atomic E-state index is 11.7. The molecule has 4 rings (SSSR count). The Morgan fingerprint density at radius 1 is 0.968 bits per heavy atom. The van der Waals surface area contributed by atoms with Gasteiger partial charge in [-0.05, 0) is 61.8 Å². The third-order valence-electron chi connectivity index (χ3n) is 7.15. The van der Waals surface area contributed by atoms with Crippen LogP contribution in [0.25, 0.3) is 0 Å². The number of likely N-dealkylation sites (tertiary alicyclic amines) is 2. The molecule has 0 radical (unpaired) electrons. The second-order valence-corrected chi connectivity index (χ2v) is 9.24. The summed E-state index contributed by atoms with van der Waals surface area (Å²) in [6.45, 7) is 7.76. The van der Waals surface area contributed by atoms with Crippen LogP contribution < -0.4 is 4.74 Å². The molecule has 2 aromatic rings. The van der Waals surface area contributed by atoms with Gasteiger partial charge in [-0.2, -0.15) is 0 Å². The Hall–Kier alpha value is -2.33. The lowest BCUT2D eigenvalue weighted by atomic mass is 9.78. The molecule has 2 saturated heterocycles. The highest BCUT2D eigenvalue weighted by atomic mass is 16.5. The molecule has 0 saturated carbocycles. The molecule has 2 aliphatic rings. The third kappa shape index (κ3) is 6.10. The van der Waals surface area contributed by atoms with Crippen molar-refractivity contribution in [3.05, 3.63) is 66.2 Å². The zero-order valence-electron chi connectivity index (χ0n) is 18.8. The molecule has 0 unspecified atom stereocenters. The van der Waals surface area contributed by atoms with Gasteiger partial charge in [0.05, 0.1) is 6.61 Å². The first-order chi connectivity index (χ1) is 15.2. The van der Waals surface area contributed by atoms with E-state index in [1.807, 2.05) is 35.2 Å². The summed E-state index contributed by atoms with van der Waals surface area (Å²) in [6, 6.07) is 21.0. The molecule has 0 bridgehead atoms.